The van der Waals surface area contributed by atoms with Crippen LogP contribution in [-0.4, -0.2) is 46.8 Å². The van der Waals surface area contributed by atoms with Crippen molar-refractivity contribution in [3.8, 4) is 0 Å². The summed E-state index contributed by atoms with van der Waals surface area (Å²) < 4.78 is 5.23. The van der Waals surface area contributed by atoms with E-state index < -0.39 is 6.10 Å². The van der Waals surface area contributed by atoms with Gasteiger partial charge in [0.15, 0.2) is 0 Å². The molecule has 0 aliphatic heterocycles. The second kappa shape index (κ2) is 8.70. The van der Waals surface area contributed by atoms with Crippen LogP contribution >= 0.6 is 0 Å². The van der Waals surface area contributed by atoms with E-state index in [9.17, 15) is 5.11 Å². The molecule has 0 fully saturated rings. The molecule has 0 amide bonds. The van der Waals surface area contributed by atoms with Crippen LogP contribution in [0.5, 0.6) is 0 Å². The fraction of sp³-hybridized carbons (Fsp3) is 0.833. The lowest BCUT2D eigenvalue weighted by molar-refractivity contribution is -0.0372. The molecule has 4 atom stereocenters. The van der Waals surface area contributed by atoms with Gasteiger partial charge in [-0.3, -0.25) is 0 Å². The Labute approximate surface area is 97.6 Å². The Bertz CT molecular complexity index is 182. The molecule has 4 unspecified atom stereocenters. The number of hydrogen-bond acceptors (Lipinski definition) is 4. The van der Waals surface area contributed by atoms with Crippen molar-refractivity contribution in [1.29, 1.82) is 0 Å². The highest BCUT2D eigenvalue weighted by molar-refractivity contribution is 4.85. The zero-order chi connectivity index (χ0) is 12.6. The molecular formula is C12H24O4. The average molecular weight is 232 g/mol. The number of rotatable bonds is 9. The molecule has 0 saturated heterocycles. The normalized spacial score (nSPS) is 18.8. The molecule has 0 bridgehead atoms. The molecule has 0 saturated carbocycles. The molecule has 4 nitrogen and oxygen atoms in total. The first kappa shape index (κ1) is 15.6. The number of aliphatic hydroxyl groups is 3. The van der Waals surface area contributed by atoms with Crippen LogP contribution in [0.15, 0.2) is 12.7 Å². The van der Waals surface area contributed by atoms with Crippen molar-refractivity contribution in [3.63, 3.8) is 0 Å². The minimum Gasteiger partial charge on any atom is -0.394 e. The predicted octanol–water partition coefficient (Wildman–Crippen LogP) is 0.708. The van der Waals surface area contributed by atoms with Crippen LogP contribution in [0.3, 0.4) is 0 Å². The minimum atomic E-state index is -0.634. The van der Waals surface area contributed by atoms with E-state index in [-0.39, 0.29) is 31.3 Å². The summed E-state index contributed by atoms with van der Waals surface area (Å²) in [7, 11) is 0. The fourth-order valence-electron chi connectivity index (χ4n) is 1.34. The topological polar surface area (TPSA) is 69.9 Å². The Morgan fingerprint density at radius 3 is 2.31 bits per heavy atom. The van der Waals surface area contributed by atoms with Gasteiger partial charge >= 0.3 is 0 Å². The Morgan fingerprint density at radius 1 is 1.25 bits per heavy atom. The van der Waals surface area contributed by atoms with Crippen molar-refractivity contribution in [3.05, 3.63) is 12.7 Å². The molecule has 0 radical (unpaired) electrons. The summed E-state index contributed by atoms with van der Waals surface area (Å²) in [5.74, 6) is -0.0829. The minimum absolute atomic E-state index is 0.0564. The molecule has 0 aromatic rings. The molecule has 0 aliphatic carbocycles. The molecular weight excluding hydrogens is 208 g/mol. The molecule has 0 aliphatic rings. The van der Waals surface area contributed by atoms with Gasteiger partial charge < -0.3 is 20.1 Å². The fourth-order valence-corrected chi connectivity index (χ4v) is 1.34. The lowest BCUT2D eigenvalue weighted by Gasteiger charge is -2.21. The lowest BCUT2D eigenvalue weighted by Crippen LogP contribution is -2.28. The maximum absolute atomic E-state index is 9.81. The molecule has 0 rings (SSSR count). The van der Waals surface area contributed by atoms with Gasteiger partial charge in [-0.15, -0.1) is 6.58 Å². The van der Waals surface area contributed by atoms with Crippen molar-refractivity contribution < 1.29 is 20.1 Å². The van der Waals surface area contributed by atoms with Crippen LogP contribution in [0, 0.1) is 5.92 Å². The quantitative estimate of drug-likeness (QED) is 0.512. The Hall–Kier alpha value is -0.420. The van der Waals surface area contributed by atoms with Crippen molar-refractivity contribution in [2.75, 3.05) is 13.2 Å². The third-order valence-electron chi connectivity index (χ3n) is 2.52. The number of aliphatic hydroxyl groups excluding tert-OH is 3. The van der Waals surface area contributed by atoms with Gasteiger partial charge in [-0.1, -0.05) is 6.08 Å². The third kappa shape index (κ3) is 6.95. The van der Waals surface area contributed by atoms with E-state index in [1.54, 1.807) is 19.9 Å². The van der Waals surface area contributed by atoms with Crippen LogP contribution in [0.1, 0.15) is 26.7 Å². The maximum Gasteiger partial charge on any atom is 0.0836 e. The molecule has 16 heavy (non-hydrogen) atoms. The van der Waals surface area contributed by atoms with Gasteiger partial charge in [0.25, 0.3) is 0 Å². The van der Waals surface area contributed by atoms with Gasteiger partial charge in [0, 0.05) is 5.92 Å². The number of ether oxygens (including phenoxy) is 1. The van der Waals surface area contributed by atoms with Crippen LogP contribution < -0.4 is 0 Å². The molecule has 96 valence electrons. The highest BCUT2D eigenvalue weighted by Gasteiger charge is 2.17. The highest BCUT2D eigenvalue weighted by Crippen LogP contribution is 2.15. The standard InChI is InChI=1S/C12H24O4/c1-4-11(6-5-9(2)14)12(15)8-16-10(3)7-13/h4,9-15H,1,5-8H2,2-3H3. The summed E-state index contributed by atoms with van der Waals surface area (Å²) in [5, 5.41) is 27.7. The summed E-state index contributed by atoms with van der Waals surface area (Å²) in [6, 6.07) is 0. The van der Waals surface area contributed by atoms with Gasteiger partial charge in [-0.25, -0.2) is 0 Å². The van der Waals surface area contributed by atoms with E-state index in [2.05, 4.69) is 6.58 Å². The second-order valence-corrected chi connectivity index (χ2v) is 4.22. The molecule has 0 aromatic heterocycles. The van der Waals surface area contributed by atoms with Crippen molar-refractivity contribution in [1.82, 2.24) is 0 Å². The molecule has 4 heteroatoms. The summed E-state index contributed by atoms with van der Waals surface area (Å²) in [6.07, 6.45) is 1.72. The monoisotopic (exact) mass is 232 g/mol. The summed E-state index contributed by atoms with van der Waals surface area (Å²) >= 11 is 0. The van der Waals surface area contributed by atoms with Crippen LogP contribution in [0.2, 0.25) is 0 Å². The molecule has 0 aromatic carbocycles. The average Bonchev–Trinajstić information content (AvgIpc) is 2.26. The maximum atomic E-state index is 9.81. The zero-order valence-corrected chi connectivity index (χ0v) is 10.2. The van der Waals surface area contributed by atoms with Crippen molar-refractivity contribution >= 4 is 0 Å². The van der Waals surface area contributed by atoms with E-state index >= 15 is 0 Å². The second-order valence-electron chi connectivity index (χ2n) is 4.22. The molecule has 3 N–H and O–H groups in total. The predicted molar refractivity (Wildman–Crippen MR) is 63.1 cm³/mol. The molecule has 0 spiro atoms. The largest absolute Gasteiger partial charge is 0.394 e. The first-order valence-electron chi connectivity index (χ1n) is 5.72. The Balaban J connectivity index is 3.90. The van der Waals surface area contributed by atoms with Gasteiger partial charge in [-0.2, -0.15) is 0 Å². The van der Waals surface area contributed by atoms with E-state index in [1.807, 2.05) is 0 Å². The van der Waals surface area contributed by atoms with E-state index in [4.69, 9.17) is 14.9 Å². The lowest BCUT2D eigenvalue weighted by atomic mass is 9.96. The first-order chi connectivity index (χ1) is 7.51. The van der Waals surface area contributed by atoms with E-state index in [0.717, 1.165) is 0 Å². The van der Waals surface area contributed by atoms with Crippen molar-refractivity contribution in [2.24, 2.45) is 5.92 Å². The first-order valence-corrected chi connectivity index (χ1v) is 5.72. The summed E-state index contributed by atoms with van der Waals surface area (Å²) in [4.78, 5) is 0. The van der Waals surface area contributed by atoms with Gasteiger partial charge in [0.05, 0.1) is 31.5 Å². The smallest absolute Gasteiger partial charge is 0.0836 e. The Morgan fingerprint density at radius 2 is 1.88 bits per heavy atom. The third-order valence-corrected chi connectivity index (χ3v) is 2.52. The van der Waals surface area contributed by atoms with E-state index in [1.165, 1.54) is 0 Å². The van der Waals surface area contributed by atoms with Crippen molar-refractivity contribution in [2.45, 2.75) is 45.0 Å². The SMILES string of the molecule is C=CC(CCC(C)O)C(O)COC(C)CO. The van der Waals surface area contributed by atoms with Crippen LogP contribution in [0.4, 0.5) is 0 Å². The number of hydrogen-bond donors (Lipinski definition) is 3. The molecule has 0 heterocycles. The van der Waals surface area contributed by atoms with Crippen LogP contribution in [0.25, 0.3) is 0 Å². The summed E-state index contributed by atoms with van der Waals surface area (Å²) in [5.41, 5.74) is 0. The Kier molecular flexibility index (Phi) is 8.47. The zero-order valence-electron chi connectivity index (χ0n) is 10.2. The highest BCUT2D eigenvalue weighted by atomic mass is 16.5. The van der Waals surface area contributed by atoms with Gasteiger partial charge in [0.2, 0.25) is 0 Å². The van der Waals surface area contributed by atoms with Crippen LogP contribution in [-0.2, 0) is 4.74 Å². The van der Waals surface area contributed by atoms with Gasteiger partial charge in [0.1, 0.15) is 0 Å². The summed E-state index contributed by atoms with van der Waals surface area (Å²) in [6.45, 7) is 7.24. The van der Waals surface area contributed by atoms with E-state index in [0.29, 0.717) is 12.8 Å². The van der Waals surface area contributed by atoms with Gasteiger partial charge in [-0.05, 0) is 26.7 Å².